The molecule has 0 aliphatic carbocycles. The minimum absolute atomic E-state index is 0.157. The maximum Gasteiger partial charge on any atom is 0.255 e. The average molecular weight is 285 g/mol. The first-order chi connectivity index (χ1) is 10.1. The molecule has 21 heavy (non-hydrogen) atoms. The molecule has 1 fully saturated rings. The quantitative estimate of drug-likeness (QED) is 0.815. The zero-order chi connectivity index (χ0) is 14.8. The molecule has 0 atom stereocenters. The van der Waals surface area contributed by atoms with E-state index in [1.54, 1.807) is 13.1 Å². The Bertz CT molecular complexity index is 611. The van der Waals surface area contributed by atoms with E-state index < -0.39 is 0 Å². The number of nitrogens with two attached hydrogens (primary N) is 1. The van der Waals surface area contributed by atoms with Crippen LogP contribution in [-0.2, 0) is 4.79 Å². The van der Waals surface area contributed by atoms with E-state index in [2.05, 4.69) is 20.2 Å². The van der Waals surface area contributed by atoms with Crippen LogP contribution < -0.4 is 16.0 Å². The highest BCUT2D eigenvalue weighted by Gasteiger charge is 2.22. The van der Waals surface area contributed by atoms with Gasteiger partial charge in [0.2, 0.25) is 0 Å². The van der Waals surface area contributed by atoms with Crippen LogP contribution in [0.25, 0.3) is 0 Å². The lowest BCUT2D eigenvalue weighted by molar-refractivity contribution is -0.116. The minimum atomic E-state index is -0.157. The average Bonchev–Trinajstić information content (AvgIpc) is 3.10. The molecule has 110 valence electrons. The minimum Gasteiger partial charge on any atom is -0.400 e. The summed E-state index contributed by atoms with van der Waals surface area (Å²) < 4.78 is 0. The molecule has 0 unspecified atom stereocenters. The molecule has 0 aromatic carbocycles. The first-order valence-electron chi connectivity index (χ1n) is 7.18. The fourth-order valence-corrected chi connectivity index (χ4v) is 2.72. The molecule has 0 radical (unpaired) electrons. The van der Waals surface area contributed by atoms with Crippen molar-refractivity contribution in [1.29, 1.82) is 0 Å². The SMILES string of the molecule is CC(=Nc1ccc(N2CCCC2)nc1)C1=C(N)CNC1=O. The van der Waals surface area contributed by atoms with Crippen LogP contribution in [0.5, 0.6) is 0 Å². The first-order valence-corrected chi connectivity index (χ1v) is 7.18. The summed E-state index contributed by atoms with van der Waals surface area (Å²) in [6, 6.07) is 3.90. The van der Waals surface area contributed by atoms with E-state index in [1.165, 1.54) is 12.8 Å². The Kier molecular flexibility index (Phi) is 3.60. The Morgan fingerprint density at radius 3 is 2.71 bits per heavy atom. The summed E-state index contributed by atoms with van der Waals surface area (Å²) in [6.07, 6.45) is 4.19. The molecular weight excluding hydrogens is 266 g/mol. The number of nitrogens with zero attached hydrogens (tertiary/aromatic N) is 3. The van der Waals surface area contributed by atoms with Gasteiger partial charge in [-0.3, -0.25) is 9.79 Å². The van der Waals surface area contributed by atoms with Gasteiger partial charge < -0.3 is 16.0 Å². The molecule has 3 N–H and O–H groups in total. The van der Waals surface area contributed by atoms with Crippen LogP contribution in [0.1, 0.15) is 19.8 Å². The number of rotatable bonds is 3. The Labute approximate surface area is 123 Å². The van der Waals surface area contributed by atoms with Gasteiger partial charge in [-0.15, -0.1) is 0 Å². The second kappa shape index (κ2) is 5.55. The highest BCUT2D eigenvalue weighted by atomic mass is 16.2. The normalized spacial score (nSPS) is 19.4. The number of carbonyl (C=O) groups is 1. The van der Waals surface area contributed by atoms with Crippen molar-refractivity contribution in [2.75, 3.05) is 24.5 Å². The van der Waals surface area contributed by atoms with Crippen molar-refractivity contribution in [2.45, 2.75) is 19.8 Å². The van der Waals surface area contributed by atoms with Crippen LogP contribution in [0.2, 0.25) is 0 Å². The van der Waals surface area contributed by atoms with E-state index in [1.807, 2.05) is 12.1 Å². The van der Waals surface area contributed by atoms with Gasteiger partial charge >= 0.3 is 0 Å². The van der Waals surface area contributed by atoms with E-state index in [-0.39, 0.29) is 5.91 Å². The second-order valence-corrected chi connectivity index (χ2v) is 5.35. The Balaban J connectivity index is 1.79. The topological polar surface area (TPSA) is 83.6 Å². The maximum absolute atomic E-state index is 11.7. The third-order valence-electron chi connectivity index (χ3n) is 3.81. The third kappa shape index (κ3) is 2.74. The molecule has 2 aliphatic rings. The predicted octanol–water partition coefficient (Wildman–Crippen LogP) is 1.12. The first kappa shape index (κ1) is 13.6. The standard InChI is InChI=1S/C15H19N5O/c1-10(14-12(16)9-18-15(14)21)19-11-4-5-13(17-8-11)20-6-2-3-7-20/h4-5,8H,2-3,6-7,9,16H2,1H3,(H,18,21). The summed E-state index contributed by atoms with van der Waals surface area (Å²) in [5.41, 5.74) is 8.21. The van der Waals surface area contributed by atoms with Crippen molar-refractivity contribution in [3.05, 3.63) is 29.6 Å². The van der Waals surface area contributed by atoms with Gasteiger partial charge in [0.25, 0.3) is 5.91 Å². The smallest absolute Gasteiger partial charge is 0.255 e. The van der Waals surface area contributed by atoms with E-state index in [0.717, 1.165) is 24.6 Å². The Hall–Kier alpha value is -2.37. The summed E-state index contributed by atoms with van der Waals surface area (Å²) in [6.45, 7) is 4.32. The van der Waals surface area contributed by atoms with Crippen molar-refractivity contribution < 1.29 is 4.79 Å². The van der Waals surface area contributed by atoms with Gasteiger partial charge in [0.15, 0.2) is 0 Å². The highest BCUT2D eigenvalue weighted by Crippen LogP contribution is 2.21. The molecule has 6 heteroatoms. The molecule has 3 heterocycles. The summed E-state index contributed by atoms with van der Waals surface area (Å²) in [5, 5.41) is 2.69. The summed E-state index contributed by atoms with van der Waals surface area (Å²) in [7, 11) is 0. The lowest BCUT2D eigenvalue weighted by Crippen LogP contribution is -2.20. The number of pyridine rings is 1. The molecular formula is C15H19N5O. The lowest BCUT2D eigenvalue weighted by Gasteiger charge is -2.15. The molecule has 0 bridgehead atoms. The number of hydrogen-bond acceptors (Lipinski definition) is 5. The highest BCUT2D eigenvalue weighted by molar-refractivity contribution is 6.23. The van der Waals surface area contributed by atoms with Gasteiger partial charge in [-0.1, -0.05) is 0 Å². The number of aliphatic imine (C=N–C) groups is 1. The molecule has 3 rings (SSSR count). The van der Waals surface area contributed by atoms with E-state index in [4.69, 9.17) is 5.73 Å². The summed E-state index contributed by atoms with van der Waals surface area (Å²) in [5.74, 6) is 0.830. The second-order valence-electron chi connectivity index (χ2n) is 5.35. The number of anilines is 1. The monoisotopic (exact) mass is 285 g/mol. The third-order valence-corrected chi connectivity index (χ3v) is 3.81. The van der Waals surface area contributed by atoms with Crippen molar-refractivity contribution in [3.63, 3.8) is 0 Å². The van der Waals surface area contributed by atoms with Gasteiger partial charge in [-0.25, -0.2) is 4.98 Å². The summed E-state index contributed by atoms with van der Waals surface area (Å²) >= 11 is 0. The summed E-state index contributed by atoms with van der Waals surface area (Å²) in [4.78, 5) is 22.9. The van der Waals surface area contributed by atoms with Crippen molar-refractivity contribution >= 4 is 23.1 Å². The van der Waals surface area contributed by atoms with Crippen LogP contribution in [0.4, 0.5) is 11.5 Å². The van der Waals surface area contributed by atoms with Gasteiger partial charge in [0, 0.05) is 18.8 Å². The largest absolute Gasteiger partial charge is 0.400 e. The number of aromatic nitrogens is 1. The van der Waals surface area contributed by atoms with Gasteiger partial charge in [-0.2, -0.15) is 0 Å². The number of carbonyl (C=O) groups excluding carboxylic acids is 1. The predicted molar refractivity (Wildman–Crippen MR) is 82.7 cm³/mol. The number of nitrogens with one attached hydrogen (secondary N) is 1. The zero-order valence-electron chi connectivity index (χ0n) is 12.1. The molecule has 2 aliphatic heterocycles. The van der Waals surface area contributed by atoms with Crippen LogP contribution >= 0.6 is 0 Å². The molecule has 6 nitrogen and oxygen atoms in total. The van der Waals surface area contributed by atoms with Crippen LogP contribution in [0.15, 0.2) is 34.6 Å². The van der Waals surface area contributed by atoms with E-state index in [0.29, 0.717) is 23.5 Å². The fourth-order valence-electron chi connectivity index (χ4n) is 2.72. The van der Waals surface area contributed by atoms with Crippen LogP contribution in [-0.4, -0.2) is 36.2 Å². The molecule has 0 spiro atoms. The van der Waals surface area contributed by atoms with E-state index in [9.17, 15) is 4.79 Å². The number of amides is 1. The zero-order valence-corrected chi connectivity index (χ0v) is 12.1. The van der Waals surface area contributed by atoms with Crippen molar-refractivity contribution in [3.8, 4) is 0 Å². The van der Waals surface area contributed by atoms with Gasteiger partial charge in [0.05, 0.1) is 29.7 Å². The van der Waals surface area contributed by atoms with Gasteiger partial charge in [-0.05, 0) is 31.9 Å². The fraction of sp³-hybridized carbons (Fsp3) is 0.400. The van der Waals surface area contributed by atoms with Gasteiger partial charge in [0.1, 0.15) is 5.82 Å². The molecule has 1 saturated heterocycles. The Morgan fingerprint density at radius 1 is 1.38 bits per heavy atom. The van der Waals surface area contributed by atoms with Crippen LogP contribution in [0, 0.1) is 0 Å². The maximum atomic E-state index is 11.7. The van der Waals surface area contributed by atoms with E-state index >= 15 is 0 Å². The molecule has 1 aromatic rings. The number of hydrogen-bond donors (Lipinski definition) is 2. The lowest BCUT2D eigenvalue weighted by atomic mass is 10.1. The van der Waals surface area contributed by atoms with Crippen molar-refractivity contribution in [1.82, 2.24) is 10.3 Å². The Morgan fingerprint density at radius 2 is 2.14 bits per heavy atom. The van der Waals surface area contributed by atoms with Crippen LogP contribution in [0.3, 0.4) is 0 Å². The van der Waals surface area contributed by atoms with Crippen molar-refractivity contribution in [2.24, 2.45) is 10.7 Å². The molecule has 0 saturated carbocycles. The molecule has 1 aromatic heterocycles. The molecule has 1 amide bonds.